The van der Waals surface area contributed by atoms with E-state index in [1.807, 2.05) is 18.2 Å². The molecule has 0 N–H and O–H groups in total. The number of nitrogens with zero attached hydrogens (tertiary/aromatic N) is 2. The predicted octanol–water partition coefficient (Wildman–Crippen LogP) is 4.53. The lowest BCUT2D eigenvalue weighted by Gasteiger charge is -2.26. The molecule has 132 valence electrons. The van der Waals surface area contributed by atoms with Crippen LogP contribution < -0.4 is 0 Å². The molecule has 0 fully saturated rings. The molecule has 0 radical (unpaired) electrons. The Morgan fingerprint density at radius 1 is 1.12 bits per heavy atom. The maximum atomic E-state index is 14.2. The standard InChI is InChI=1S/C20H21F3N2/c1-14-19(22)17(13-18(21)20(14)23)16-6-11-25(12-7-16)10-2-3-15-4-8-24-9-5-15/h4-6,8-9,13H,2-3,7,10-12H2,1H3. The molecule has 2 nitrogen and oxygen atoms in total. The maximum Gasteiger partial charge on any atom is 0.164 e. The molecule has 1 aromatic heterocycles. The van der Waals surface area contributed by atoms with Crippen LogP contribution in [0.1, 0.15) is 29.5 Å². The molecule has 0 saturated heterocycles. The highest BCUT2D eigenvalue weighted by Gasteiger charge is 2.20. The Balaban J connectivity index is 1.59. The van der Waals surface area contributed by atoms with Crippen molar-refractivity contribution in [3.63, 3.8) is 0 Å². The summed E-state index contributed by atoms with van der Waals surface area (Å²) in [6.07, 6.45) is 8.17. The third-order valence-corrected chi connectivity index (χ3v) is 4.70. The average molecular weight is 346 g/mol. The Morgan fingerprint density at radius 2 is 1.88 bits per heavy atom. The Bertz CT molecular complexity index is 772. The molecular formula is C20H21F3N2. The van der Waals surface area contributed by atoms with Gasteiger partial charge >= 0.3 is 0 Å². The number of pyridine rings is 1. The van der Waals surface area contributed by atoms with Gasteiger partial charge in [-0.05, 0) is 62.1 Å². The normalized spacial score (nSPS) is 15.3. The van der Waals surface area contributed by atoms with Crippen LogP contribution in [0.2, 0.25) is 0 Å². The zero-order valence-corrected chi connectivity index (χ0v) is 14.2. The van der Waals surface area contributed by atoms with Crippen molar-refractivity contribution in [2.45, 2.75) is 26.2 Å². The molecule has 0 aliphatic carbocycles. The minimum absolute atomic E-state index is 0.188. The van der Waals surface area contributed by atoms with Crippen molar-refractivity contribution in [3.05, 3.63) is 70.8 Å². The lowest BCUT2D eigenvalue weighted by Crippen LogP contribution is -2.30. The second-order valence-corrected chi connectivity index (χ2v) is 6.40. The van der Waals surface area contributed by atoms with E-state index in [-0.39, 0.29) is 11.1 Å². The topological polar surface area (TPSA) is 16.1 Å². The number of aryl methyl sites for hydroxylation is 1. The fourth-order valence-corrected chi connectivity index (χ4v) is 3.18. The summed E-state index contributed by atoms with van der Waals surface area (Å²) in [7, 11) is 0. The van der Waals surface area contributed by atoms with Gasteiger partial charge < -0.3 is 0 Å². The Labute approximate surface area is 146 Å². The average Bonchev–Trinajstić information content (AvgIpc) is 2.64. The number of benzene rings is 1. The molecular weight excluding hydrogens is 325 g/mol. The first-order chi connectivity index (χ1) is 12.1. The highest BCUT2D eigenvalue weighted by Crippen LogP contribution is 2.29. The van der Waals surface area contributed by atoms with Gasteiger partial charge in [0.15, 0.2) is 11.6 Å². The first-order valence-corrected chi connectivity index (χ1v) is 8.51. The van der Waals surface area contributed by atoms with Crippen LogP contribution in [0.4, 0.5) is 13.2 Å². The fraction of sp³-hybridized carbons (Fsp3) is 0.350. The third-order valence-electron chi connectivity index (χ3n) is 4.70. The van der Waals surface area contributed by atoms with Gasteiger partial charge in [0, 0.05) is 36.6 Å². The lowest BCUT2D eigenvalue weighted by atomic mass is 9.96. The summed E-state index contributed by atoms with van der Waals surface area (Å²) < 4.78 is 41.3. The van der Waals surface area contributed by atoms with Gasteiger partial charge in [0.05, 0.1) is 0 Å². The minimum atomic E-state index is -1.10. The van der Waals surface area contributed by atoms with E-state index in [2.05, 4.69) is 9.88 Å². The second-order valence-electron chi connectivity index (χ2n) is 6.40. The van der Waals surface area contributed by atoms with E-state index < -0.39 is 17.5 Å². The van der Waals surface area contributed by atoms with E-state index >= 15 is 0 Å². The van der Waals surface area contributed by atoms with E-state index in [1.165, 1.54) is 12.5 Å². The summed E-state index contributed by atoms with van der Waals surface area (Å²) in [6, 6.07) is 5.01. The van der Waals surface area contributed by atoms with E-state index in [0.29, 0.717) is 13.0 Å². The quantitative estimate of drug-likeness (QED) is 0.740. The first-order valence-electron chi connectivity index (χ1n) is 8.51. The maximum absolute atomic E-state index is 14.2. The molecule has 2 aromatic rings. The summed E-state index contributed by atoms with van der Waals surface area (Å²) in [5.74, 6) is -2.75. The van der Waals surface area contributed by atoms with Gasteiger partial charge in [0.2, 0.25) is 0 Å². The van der Waals surface area contributed by atoms with Crippen LogP contribution in [0.3, 0.4) is 0 Å². The van der Waals surface area contributed by atoms with Crippen LogP contribution in [0, 0.1) is 24.4 Å². The Morgan fingerprint density at radius 3 is 2.56 bits per heavy atom. The van der Waals surface area contributed by atoms with Crippen molar-refractivity contribution in [2.24, 2.45) is 0 Å². The minimum Gasteiger partial charge on any atom is -0.299 e. The number of hydrogen-bond donors (Lipinski definition) is 0. The molecule has 1 aliphatic rings. The van der Waals surface area contributed by atoms with E-state index in [0.717, 1.165) is 37.6 Å². The van der Waals surface area contributed by atoms with Gasteiger partial charge in [-0.2, -0.15) is 0 Å². The van der Waals surface area contributed by atoms with Crippen LogP contribution in [-0.2, 0) is 6.42 Å². The summed E-state index contributed by atoms with van der Waals surface area (Å²) in [5.41, 5.74) is 1.95. The van der Waals surface area contributed by atoms with Crippen molar-refractivity contribution < 1.29 is 13.2 Å². The molecule has 0 saturated carbocycles. The van der Waals surface area contributed by atoms with Gasteiger partial charge in [-0.1, -0.05) is 6.08 Å². The SMILES string of the molecule is Cc1c(F)c(F)cc(C2=CCN(CCCc3ccncc3)CC2)c1F. The molecule has 5 heteroatoms. The van der Waals surface area contributed by atoms with Crippen molar-refractivity contribution in [1.82, 2.24) is 9.88 Å². The van der Waals surface area contributed by atoms with Gasteiger partial charge in [-0.15, -0.1) is 0 Å². The Kier molecular flexibility index (Phi) is 5.53. The summed E-state index contributed by atoms with van der Waals surface area (Å²) in [4.78, 5) is 6.29. The summed E-state index contributed by atoms with van der Waals surface area (Å²) in [5, 5.41) is 0. The van der Waals surface area contributed by atoms with Gasteiger partial charge in [-0.3, -0.25) is 9.88 Å². The molecule has 1 aromatic carbocycles. The molecule has 0 amide bonds. The molecule has 0 atom stereocenters. The highest BCUT2D eigenvalue weighted by molar-refractivity contribution is 5.68. The molecule has 3 rings (SSSR count). The fourth-order valence-electron chi connectivity index (χ4n) is 3.18. The van der Waals surface area contributed by atoms with E-state index in [9.17, 15) is 13.2 Å². The monoisotopic (exact) mass is 346 g/mol. The largest absolute Gasteiger partial charge is 0.299 e. The first kappa shape index (κ1) is 17.7. The number of aromatic nitrogens is 1. The Hall–Kier alpha value is -2.14. The van der Waals surface area contributed by atoms with E-state index in [4.69, 9.17) is 0 Å². The molecule has 1 aliphatic heterocycles. The zero-order chi connectivity index (χ0) is 17.8. The molecule has 0 bridgehead atoms. The molecule has 0 unspecified atom stereocenters. The van der Waals surface area contributed by atoms with Crippen molar-refractivity contribution >= 4 is 5.57 Å². The number of hydrogen-bond acceptors (Lipinski definition) is 2. The van der Waals surface area contributed by atoms with Gasteiger partial charge in [0.25, 0.3) is 0 Å². The van der Waals surface area contributed by atoms with Crippen molar-refractivity contribution in [1.29, 1.82) is 0 Å². The molecule has 25 heavy (non-hydrogen) atoms. The van der Waals surface area contributed by atoms with Crippen molar-refractivity contribution in [3.8, 4) is 0 Å². The van der Waals surface area contributed by atoms with Crippen molar-refractivity contribution in [2.75, 3.05) is 19.6 Å². The number of halogens is 3. The predicted molar refractivity (Wildman–Crippen MR) is 92.6 cm³/mol. The molecule has 2 heterocycles. The van der Waals surface area contributed by atoms with Crippen LogP contribution >= 0.6 is 0 Å². The van der Waals surface area contributed by atoms with Crippen LogP contribution in [-0.4, -0.2) is 29.5 Å². The van der Waals surface area contributed by atoms with Crippen LogP contribution in [0.5, 0.6) is 0 Å². The van der Waals surface area contributed by atoms with Gasteiger partial charge in [0.1, 0.15) is 5.82 Å². The second kappa shape index (κ2) is 7.83. The highest BCUT2D eigenvalue weighted by atomic mass is 19.2. The van der Waals surface area contributed by atoms with Crippen LogP contribution in [0.25, 0.3) is 5.57 Å². The lowest BCUT2D eigenvalue weighted by molar-refractivity contribution is 0.298. The smallest absolute Gasteiger partial charge is 0.164 e. The summed E-state index contributed by atoms with van der Waals surface area (Å²) >= 11 is 0. The summed E-state index contributed by atoms with van der Waals surface area (Å²) in [6.45, 7) is 3.71. The third kappa shape index (κ3) is 4.10. The van der Waals surface area contributed by atoms with Gasteiger partial charge in [-0.25, -0.2) is 13.2 Å². The number of rotatable bonds is 5. The zero-order valence-electron chi connectivity index (χ0n) is 14.2. The molecule has 0 spiro atoms. The van der Waals surface area contributed by atoms with Crippen LogP contribution in [0.15, 0.2) is 36.7 Å². The van der Waals surface area contributed by atoms with E-state index in [1.54, 1.807) is 12.4 Å².